The Kier molecular flexibility index (Phi) is 5.87. The van der Waals surface area contributed by atoms with Gasteiger partial charge in [-0.05, 0) is 31.2 Å². The Bertz CT molecular complexity index is 1240. The number of aryl methyl sites for hydroxylation is 1. The predicted molar refractivity (Wildman–Crippen MR) is 127 cm³/mol. The van der Waals surface area contributed by atoms with Crippen molar-refractivity contribution < 1.29 is 13.9 Å². The number of benzene rings is 2. The summed E-state index contributed by atoms with van der Waals surface area (Å²) >= 11 is 0. The topological polar surface area (TPSA) is 80.5 Å². The maximum Gasteiger partial charge on any atom is 0.256 e. The number of morpholine rings is 1. The van der Waals surface area contributed by atoms with Crippen molar-refractivity contribution in [2.75, 3.05) is 36.5 Å². The monoisotopic (exact) mass is 440 g/mol. The van der Waals surface area contributed by atoms with Crippen molar-refractivity contribution in [1.82, 2.24) is 9.97 Å². The van der Waals surface area contributed by atoms with E-state index >= 15 is 0 Å². The third-order valence-electron chi connectivity index (χ3n) is 5.58. The van der Waals surface area contributed by atoms with Gasteiger partial charge in [0.15, 0.2) is 5.76 Å². The Balaban J connectivity index is 1.34. The van der Waals surface area contributed by atoms with Gasteiger partial charge in [0.25, 0.3) is 5.91 Å². The molecule has 7 nitrogen and oxygen atoms in total. The lowest BCUT2D eigenvalue weighted by Gasteiger charge is -2.27. The molecule has 2 aromatic carbocycles. The van der Waals surface area contributed by atoms with Crippen LogP contribution in [0.4, 0.5) is 11.5 Å². The quantitative estimate of drug-likeness (QED) is 0.480. The van der Waals surface area contributed by atoms with E-state index in [0.29, 0.717) is 41.7 Å². The molecule has 0 unspecified atom stereocenters. The number of ether oxygens (including phenoxy) is 1. The molecule has 1 fully saturated rings. The molecule has 1 saturated heterocycles. The molecule has 33 heavy (non-hydrogen) atoms. The maximum absolute atomic E-state index is 13.1. The van der Waals surface area contributed by atoms with Crippen LogP contribution in [0.3, 0.4) is 0 Å². The zero-order valence-electron chi connectivity index (χ0n) is 18.3. The first-order valence-electron chi connectivity index (χ1n) is 10.9. The number of oxazole rings is 1. The molecule has 166 valence electrons. The van der Waals surface area contributed by atoms with E-state index < -0.39 is 0 Å². The van der Waals surface area contributed by atoms with Gasteiger partial charge in [0.1, 0.15) is 5.82 Å². The summed E-state index contributed by atoms with van der Waals surface area (Å²) in [5, 5.41) is 2.93. The van der Waals surface area contributed by atoms with Crippen LogP contribution in [-0.4, -0.2) is 42.2 Å². The van der Waals surface area contributed by atoms with Gasteiger partial charge in [-0.15, -0.1) is 0 Å². The third-order valence-corrected chi connectivity index (χ3v) is 5.58. The number of amides is 1. The lowest BCUT2D eigenvalue weighted by Crippen LogP contribution is -2.36. The Morgan fingerprint density at radius 2 is 1.73 bits per heavy atom. The Hall–Kier alpha value is -3.97. The minimum atomic E-state index is -0.249. The molecule has 0 saturated carbocycles. The highest BCUT2D eigenvalue weighted by atomic mass is 16.5. The summed E-state index contributed by atoms with van der Waals surface area (Å²) in [6.45, 7) is 5.06. The number of nitrogens with one attached hydrogen (secondary N) is 1. The standard InChI is InChI=1S/C26H24N4O3/c1-18-6-8-19(9-7-18)23-17-28-26(33-23)22-5-3-2-4-21(22)25(31)29-20-10-11-24(27-16-20)30-12-14-32-15-13-30/h2-11,16-17H,12-15H2,1H3,(H,29,31). The van der Waals surface area contributed by atoms with Crippen molar-refractivity contribution >= 4 is 17.4 Å². The number of pyridine rings is 1. The molecule has 0 atom stereocenters. The molecular weight excluding hydrogens is 416 g/mol. The zero-order valence-corrected chi connectivity index (χ0v) is 18.3. The number of carbonyl (C=O) groups is 1. The SMILES string of the molecule is Cc1ccc(-c2cnc(-c3ccccc3C(=O)Nc3ccc(N4CCOCC4)nc3)o2)cc1. The third kappa shape index (κ3) is 4.63. The second kappa shape index (κ2) is 9.26. The van der Waals surface area contributed by atoms with E-state index in [0.717, 1.165) is 24.5 Å². The van der Waals surface area contributed by atoms with Crippen molar-refractivity contribution in [2.24, 2.45) is 0 Å². The summed E-state index contributed by atoms with van der Waals surface area (Å²) in [5.41, 5.74) is 3.85. The Morgan fingerprint density at radius 3 is 2.48 bits per heavy atom. The maximum atomic E-state index is 13.1. The highest BCUT2D eigenvalue weighted by Gasteiger charge is 2.18. The van der Waals surface area contributed by atoms with E-state index in [2.05, 4.69) is 20.2 Å². The Labute approximate surface area is 192 Å². The van der Waals surface area contributed by atoms with Crippen molar-refractivity contribution in [3.8, 4) is 22.8 Å². The second-order valence-corrected chi connectivity index (χ2v) is 7.90. The van der Waals surface area contributed by atoms with Gasteiger partial charge in [-0.1, -0.05) is 42.0 Å². The molecule has 0 radical (unpaired) electrons. The number of anilines is 2. The molecule has 3 heterocycles. The average molecular weight is 441 g/mol. The number of hydrogen-bond acceptors (Lipinski definition) is 6. The van der Waals surface area contributed by atoms with E-state index in [1.165, 1.54) is 5.56 Å². The number of aromatic nitrogens is 2. The van der Waals surface area contributed by atoms with Gasteiger partial charge in [0.2, 0.25) is 5.89 Å². The van der Waals surface area contributed by atoms with Crippen molar-refractivity contribution in [3.05, 3.63) is 84.2 Å². The zero-order chi connectivity index (χ0) is 22.6. The van der Waals surface area contributed by atoms with Crippen LogP contribution < -0.4 is 10.2 Å². The van der Waals surface area contributed by atoms with Crippen molar-refractivity contribution in [2.45, 2.75) is 6.92 Å². The molecule has 5 rings (SSSR count). The minimum absolute atomic E-state index is 0.249. The molecule has 1 amide bonds. The van der Waals surface area contributed by atoms with Crippen molar-refractivity contribution in [3.63, 3.8) is 0 Å². The highest BCUT2D eigenvalue weighted by Crippen LogP contribution is 2.29. The first-order valence-corrected chi connectivity index (χ1v) is 10.9. The normalized spacial score (nSPS) is 13.7. The summed E-state index contributed by atoms with van der Waals surface area (Å²) in [7, 11) is 0. The largest absolute Gasteiger partial charge is 0.436 e. The van der Waals surface area contributed by atoms with Gasteiger partial charge in [-0.25, -0.2) is 9.97 Å². The van der Waals surface area contributed by atoms with E-state index in [-0.39, 0.29) is 5.91 Å². The van der Waals surface area contributed by atoms with E-state index in [1.807, 2.05) is 61.5 Å². The van der Waals surface area contributed by atoms with Crippen LogP contribution in [0, 0.1) is 6.92 Å². The fourth-order valence-electron chi connectivity index (χ4n) is 3.76. The molecule has 0 aliphatic carbocycles. The number of rotatable bonds is 5. The van der Waals surface area contributed by atoms with Crippen LogP contribution in [0.5, 0.6) is 0 Å². The number of carbonyl (C=O) groups excluding carboxylic acids is 1. The predicted octanol–water partition coefficient (Wildman–Crippen LogP) is 4.80. The molecular formula is C26H24N4O3. The van der Waals surface area contributed by atoms with Crippen LogP contribution >= 0.6 is 0 Å². The van der Waals surface area contributed by atoms with Gasteiger partial charge in [0, 0.05) is 24.2 Å². The van der Waals surface area contributed by atoms with Gasteiger partial charge < -0.3 is 19.4 Å². The first-order chi connectivity index (χ1) is 16.2. The lowest BCUT2D eigenvalue weighted by atomic mass is 10.1. The fraction of sp³-hybridized carbons (Fsp3) is 0.192. The minimum Gasteiger partial charge on any atom is -0.436 e. The molecule has 0 bridgehead atoms. The van der Waals surface area contributed by atoms with Gasteiger partial charge in [-0.2, -0.15) is 0 Å². The van der Waals surface area contributed by atoms with Gasteiger partial charge in [0.05, 0.1) is 36.9 Å². The molecule has 7 heteroatoms. The van der Waals surface area contributed by atoms with Crippen LogP contribution in [0.1, 0.15) is 15.9 Å². The van der Waals surface area contributed by atoms with Gasteiger partial charge >= 0.3 is 0 Å². The summed E-state index contributed by atoms with van der Waals surface area (Å²) in [6, 6.07) is 19.1. The molecule has 1 N–H and O–H groups in total. The van der Waals surface area contributed by atoms with Gasteiger partial charge in [-0.3, -0.25) is 4.79 Å². The van der Waals surface area contributed by atoms with Crippen LogP contribution in [-0.2, 0) is 4.74 Å². The van der Waals surface area contributed by atoms with E-state index in [1.54, 1.807) is 18.5 Å². The van der Waals surface area contributed by atoms with E-state index in [4.69, 9.17) is 9.15 Å². The first kappa shape index (κ1) is 20.9. The lowest BCUT2D eigenvalue weighted by molar-refractivity contribution is 0.102. The van der Waals surface area contributed by atoms with Crippen LogP contribution in [0.2, 0.25) is 0 Å². The number of hydrogen-bond donors (Lipinski definition) is 1. The summed E-state index contributed by atoms with van der Waals surface area (Å²) < 4.78 is 11.4. The molecule has 0 spiro atoms. The fourth-order valence-corrected chi connectivity index (χ4v) is 3.76. The molecule has 1 aliphatic rings. The average Bonchev–Trinajstić information content (AvgIpc) is 3.36. The van der Waals surface area contributed by atoms with Crippen LogP contribution in [0.15, 0.2) is 77.5 Å². The number of nitrogens with zero attached hydrogens (tertiary/aromatic N) is 3. The summed E-state index contributed by atoms with van der Waals surface area (Å²) in [6.07, 6.45) is 3.36. The molecule has 2 aromatic heterocycles. The smallest absolute Gasteiger partial charge is 0.256 e. The summed E-state index contributed by atoms with van der Waals surface area (Å²) in [5.74, 6) is 1.68. The highest BCUT2D eigenvalue weighted by molar-refractivity contribution is 6.08. The summed E-state index contributed by atoms with van der Waals surface area (Å²) in [4.78, 5) is 24.2. The molecule has 4 aromatic rings. The van der Waals surface area contributed by atoms with Crippen molar-refractivity contribution in [1.29, 1.82) is 0 Å². The van der Waals surface area contributed by atoms with Crippen LogP contribution in [0.25, 0.3) is 22.8 Å². The second-order valence-electron chi connectivity index (χ2n) is 7.90. The Morgan fingerprint density at radius 1 is 0.939 bits per heavy atom. The van der Waals surface area contributed by atoms with E-state index in [9.17, 15) is 4.79 Å². The molecule has 1 aliphatic heterocycles.